The summed E-state index contributed by atoms with van der Waals surface area (Å²) >= 11 is 0. The Bertz CT molecular complexity index is 477. The van der Waals surface area contributed by atoms with E-state index < -0.39 is 5.97 Å². The zero-order chi connectivity index (χ0) is 12.7. The first-order valence-electron chi connectivity index (χ1n) is 6.28. The van der Waals surface area contributed by atoms with Gasteiger partial charge in [0, 0.05) is 19.0 Å². The first-order chi connectivity index (χ1) is 8.65. The van der Waals surface area contributed by atoms with Crippen molar-refractivity contribution in [2.75, 3.05) is 18.0 Å². The average Bonchev–Trinajstić information content (AvgIpc) is 2.92. The van der Waals surface area contributed by atoms with Gasteiger partial charge in [0.05, 0.1) is 6.10 Å². The van der Waals surface area contributed by atoms with Crippen LogP contribution in [-0.4, -0.2) is 40.4 Å². The number of hydrogen-bond donors (Lipinski definition) is 2. The lowest BCUT2D eigenvalue weighted by Crippen LogP contribution is -2.25. The van der Waals surface area contributed by atoms with Crippen LogP contribution in [0.1, 0.15) is 23.3 Å². The number of pyridine rings is 1. The van der Waals surface area contributed by atoms with Gasteiger partial charge < -0.3 is 15.1 Å². The largest absolute Gasteiger partial charge is 0.477 e. The Morgan fingerprint density at radius 3 is 2.89 bits per heavy atom. The van der Waals surface area contributed by atoms with Gasteiger partial charge in [0.25, 0.3) is 0 Å². The van der Waals surface area contributed by atoms with E-state index in [0.717, 1.165) is 25.9 Å². The second-order valence-electron chi connectivity index (χ2n) is 5.16. The molecule has 18 heavy (non-hydrogen) atoms. The summed E-state index contributed by atoms with van der Waals surface area (Å²) < 4.78 is 0. The Hall–Kier alpha value is -1.62. The Labute approximate surface area is 105 Å². The fourth-order valence-corrected chi connectivity index (χ4v) is 3.14. The molecule has 96 valence electrons. The highest BCUT2D eigenvalue weighted by atomic mass is 16.4. The summed E-state index contributed by atoms with van der Waals surface area (Å²) in [5, 5.41) is 18.8. The summed E-state index contributed by atoms with van der Waals surface area (Å²) in [6.07, 6.45) is 1.75. The lowest BCUT2D eigenvalue weighted by Gasteiger charge is -2.19. The van der Waals surface area contributed by atoms with E-state index in [1.54, 1.807) is 6.07 Å². The van der Waals surface area contributed by atoms with Crippen LogP contribution in [0, 0.1) is 11.8 Å². The van der Waals surface area contributed by atoms with Crippen molar-refractivity contribution in [2.24, 2.45) is 11.8 Å². The normalized spacial score (nSPS) is 30.5. The van der Waals surface area contributed by atoms with E-state index in [4.69, 9.17) is 5.11 Å². The Morgan fingerprint density at radius 2 is 2.17 bits per heavy atom. The molecule has 2 fully saturated rings. The second-order valence-corrected chi connectivity index (χ2v) is 5.16. The van der Waals surface area contributed by atoms with Gasteiger partial charge in [-0.05, 0) is 30.9 Å². The number of hydrogen-bond acceptors (Lipinski definition) is 4. The predicted octanol–water partition coefficient (Wildman–Crippen LogP) is 0.987. The minimum absolute atomic E-state index is 0.0742. The zero-order valence-electron chi connectivity index (χ0n) is 9.99. The molecule has 0 radical (unpaired) electrons. The fourth-order valence-electron chi connectivity index (χ4n) is 3.14. The highest BCUT2D eigenvalue weighted by Gasteiger charge is 2.42. The summed E-state index contributed by atoms with van der Waals surface area (Å²) in [5.41, 5.74) is 0.0742. The van der Waals surface area contributed by atoms with E-state index in [1.165, 1.54) is 6.07 Å². The first-order valence-corrected chi connectivity index (χ1v) is 6.28. The number of rotatable bonds is 2. The van der Waals surface area contributed by atoms with Gasteiger partial charge in [-0.2, -0.15) is 0 Å². The standard InChI is InChI=1S/C13H16N2O3/c16-11-5-4-8-6-15(7-9(8)11)12-3-1-2-10(14-12)13(17)18/h1-3,8-9,11,16H,4-7H2,(H,17,18). The Morgan fingerprint density at radius 1 is 1.33 bits per heavy atom. The highest BCUT2D eigenvalue weighted by Crippen LogP contribution is 2.39. The van der Waals surface area contributed by atoms with Gasteiger partial charge in [-0.15, -0.1) is 0 Å². The van der Waals surface area contributed by atoms with Crippen LogP contribution in [0.4, 0.5) is 5.82 Å². The molecule has 1 saturated heterocycles. The van der Waals surface area contributed by atoms with E-state index in [-0.39, 0.29) is 11.8 Å². The van der Waals surface area contributed by atoms with E-state index in [9.17, 15) is 9.90 Å². The molecule has 0 bridgehead atoms. The quantitative estimate of drug-likeness (QED) is 0.816. The third-order valence-electron chi connectivity index (χ3n) is 4.10. The average molecular weight is 248 g/mol. The number of aromatic nitrogens is 1. The third-order valence-corrected chi connectivity index (χ3v) is 4.10. The second kappa shape index (κ2) is 4.24. The van der Waals surface area contributed by atoms with Gasteiger partial charge >= 0.3 is 5.97 Å². The number of aliphatic hydroxyl groups excluding tert-OH is 1. The van der Waals surface area contributed by atoms with Gasteiger partial charge in [0.1, 0.15) is 5.82 Å². The molecule has 3 rings (SSSR count). The summed E-state index contributed by atoms with van der Waals surface area (Å²) in [7, 11) is 0. The number of nitrogens with zero attached hydrogens (tertiary/aromatic N) is 2. The maximum atomic E-state index is 10.9. The predicted molar refractivity (Wildman–Crippen MR) is 65.6 cm³/mol. The molecule has 0 amide bonds. The van der Waals surface area contributed by atoms with E-state index in [0.29, 0.717) is 17.7 Å². The summed E-state index contributed by atoms with van der Waals surface area (Å²) in [4.78, 5) is 17.1. The van der Waals surface area contributed by atoms with Crippen LogP contribution in [0.15, 0.2) is 18.2 Å². The molecule has 2 heterocycles. The van der Waals surface area contributed by atoms with Crippen molar-refractivity contribution in [2.45, 2.75) is 18.9 Å². The SMILES string of the molecule is O=C(O)c1cccc(N2CC3CCC(O)C3C2)n1. The number of aliphatic hydroxyl groups is 1. The molecule has 1 aliphatic carbocycles. The molecular weight excluding hydrogens is 232 g/mol. The molecule has 1 saturated carbocycles. The van der Waals surface area contributed by atoms with Gasteiger partial charge in [-0.3, -0.25) is 0 Å². The number of carboxylic acid groups (broad SMARTS) is 1. The summed E-state index contributed by atoms with van der Waals surface area (Å²) in [5.74, 6) is 0.545. The Kier molecular flexibility index (Phi) is 2.70. The number of anilines is 1. The van der Waals surface area contributed by atoms with Crippen molar-refractivity contribution in [3.63, 3.8) is 0 Å². The van der Waals surface area contributed by atoms with Crippen molar-refractivity contribution in [3.05, 3.63) is 23.9 Å². The number of carbonyl (C=O) groups is 1. The van der Waals surface area contributed by atoms with Crippen molar-refractivity contribution in [1.82, 2.24) is 4.98 Å². The minimum atomic E-state index is -1.00. The van der Waals surface area contributed by atoms with Crippen LogP contribution in [-0.2, 0) is 0 Å². The molecule has 3 atom stereocenters. The Balaban J connectivity index is 1.80. The van der Waals surface area contributed by atoms with Crippen LogP contribution in [0.3, 0.4) is 0 Å². The van der Waals surface area contributed by atoms with Crippen molar-refractivity contribution in [1.29, 1.82) is 0 Å². The molecule has 1 aromatic rings. The molecule has 0 aromatic carbocycles. The van der Waals surface area contributed by atoms with Gasteiger partial charge in [-0.1, -0.05) is 6.07 Å². The number of aromatic carboxylic acids is 1. The van der Waals surface area contributed by atoms with Gasteiger partial charge in [-0.25, -0.2) is 9.78 Å². The fraction of sp³-hybridized carbons (Fsp3) is 0.538. The van der Waals surface area contributed by atoms with E-state index >= 15 is 0 Å². The van der Waals surface area contributed by atoms with Crippen LogP contribution in [0.25, 0.3) is 0 Å². The van der Waals surface area contributed by atoms with Crippen molar-refractivity contribution < 1.29 is 15.0 Å². The monoisotopic (exact) mass is 248 g/mol. The van der Waals surface area contributed by atoms with Crippen LogP contribution < -0.4 is 4.90 Å². The summed E-state index contributed by atoms with van der Waals surface area (Å²) in [6.45, 7) is 1.65. The maximum Gasteiger partial charge on any atom is 0.354 e. The molecule has 2 aliphatic rings. The topological polar surface area (TPSA) is 73.7 Å². The van der Waals surface area contributed by atoms with Gasteiger partial charge in [0.15, 0.2) is 5.69 Å². The lowest BCUT2D eigenvalue weighted by atomic mass is 10.00. The van der Waals surface area contributed by atoms with Crippen molar-refractivity contribution >= 4 is 11.8 Å². The van der Waals surface area contributed by atoms with Crippen LogP contribution in [0.2, 0.25) is 0 Å². The lowest BCUT2D eigenvalue weighted by molar-refractivity contribution is 0.0690. The summed E-state index contributed by atoms with van der Waals surface area (Å²) in [6, 6.07) is 5.05. The molecule has 1 aliphatic heterocycles. The van der Waals surface area contributed by atoms with Crippen LogP contribution in [0.5, 0.6) is 0 Å². The number of carboxylic acids is 1. The van der Waals surface area contributed by atoms with Crippen LogP contribution >= 0.6 is 0 Å². The van der Waals surface area contributed by atoms with Gasteiger partial charge in [0.2, 0.25) is 0 Å². The zero-order valence-corrected chi connectivity index (χ0v) is 9.99. The van der Waals surface area contributed by atoms with Crippen molar-refractivity contribution in [3.8, 4) is 0 Å². The molecule has 3 unspecified atom stereocenters. The first kappa shape index (κ1) is 11.5. The molecule has 2 N–H and O–H groups in total. The molecular formula is C13H16N2O3. The molecule has 5 heteroatoms. The van der Waals surface area contributed by atoms with E-state index in [1.807, 2.05) is 6.07 Å². The maximum absolute atomic E-state index is 10.9. The molecule has 5 nitrogen and oxygen atoms in total. The number of fused-ring (bicyclic) bond motifs is 1. The molecule has 0 spiro atoms. The molecule has 1 aromatic heterocycles. The third kappa shape index (κ3) is 1.84. The highest BCUT2D eigenvalue weighted by molar-refractivity contribution is 5.85. The minimum Gasteiger partial charge on any atom is -0.477 e. The smallest absolute Gasteiger partial charge is 0.354 e. The van der Waals surface area contributed by atoms with E-state index in [2.05, 4.69) is 9.88 Å².